The molecule has 0 spiro atoms. The van der Waals surface area contributed by atoms with Gasteiger partial charge in [0.25, 0.3) is 0 Å². The zero-order chi connectivity index (χ0) is 17.5. The lowest BCUT2D eigenvalue weighted by Gasteiger charge is -2.16. The van der Waals surface area contributed by atoms with Gasteiger partial charge in [0, 0.05) is 6.54 Å². The van der Waals surface area contributed by atoms with E-state index in [9.17, 15) is 4.79 Å². The van der Waals surface area contributed by atoms with Crippen LogP contribution in [0.3, 0.4) is 0 Å². The quantitative estimate of drug-likeness (QED) is 0.749. The van der Waals surface area contributed by atoms with E-state index in [1.165, 1.54) is 22.3 Å². The molecule has 2 aromatic rings. The summed E-state index contributed by atoms with van der Waals surface area (Å²) in [7, 11) is 0. The number of amides is 1. The minimum Gasteiger partial charge on any atom is -0.368 e. The molecular weight excluding hydrogens is 310 g/mol. The van der Waals surface area contributed by atoms with Crippen molar-refractivity contribution in [1.29, 1.82) is 0 Å². The largest absolute Gasteiger partial charge is 0.368 e. The molecule has 1 atom stereocenters. The van der Waals surface area contributed by atoms with E-state index in [-0.39, 0.29) is 11.9 Å². The molecule has 4 bridgehead atoms. The highest BCUT2D eigenvalue weighted by molar-refractivity contribution is 5.79. The number of nitrogens with one attached hydrogen (secondary N) is 2. The van der Waals surface area contributed by atoms with Crippen LogP contribution in [-0.2, 0) is 17.8 Å². The number of rotatable bonds is 1. The van der Waals surface area contributed by atoms with Crippen LogP contribution in [0.1, 0.15) is 30.4 Å². The van der Waals surface area contributed by atoms with Crippen LogP contribution in [0.2, 0.25) is 0 Å². The number of carbonyl (C=O) groups excluding carboxylic acids is 1. The Morgan fingerprint density at radius 3 is 2.40 bits per heavy atom. The summed E-state index contributed by atoms with van der Waals surface area (Å²) in [5.74, 6) is -0.273. The zero-order valence-corrected chi connectivity index (χ0v) is 14.6. The number of hydrogen-bond donors (Lipinski definition) is 3. The smallest absolute Gasteiger partial charge is 0.234 e. The van der Waals surface area contributed by atoms with Crippen LogP contribution < -0.4 is 16.4 Å². The second kappa shape index (κ2) is 8.79. The third-order valence-corrected chi connectivity index (χ3v) is 4.75. The predicted octanol–water partition coefficient (Wildman–Crippen LogP) is 2.61. The molecule has 2 aromatic carbocycles. The van der Waals surface area contributed by atoms with Gasteiger partial charge in [0.2, 0.25) is 5.91 Å². The minimum atomic E-state index is -0.276. The molecule has 1 amide bonds. The molecule has 3 rings (SSSR count). The summed E-state index contributed by atoms with van der Waals surface area (Å²) in [4.78, 5) is 11.7. The van der Waals surface area contributed by atoms with Gasteiger partial charge in [0.15, 0.2) is 0 Å². The van der Waals surface area contributed by atoms with Crippen molar-refractivity contribution in [2.24, 2.45) is 5.73 Å². The third-order valence-electron chi connectivity index (χ3n) is 4.75. The van der Waals surface area contributed by atoms with Crippen molar-refractivity contribution < 1.29 is 4.79 Å². The molecule has 0 fully saturated rings. The standard InChI is InChI=1S/C21H27N3O/c22-21(25)20-10-4-12-23-11-3-7-16-5-1-8-18(13-16)19-9-2-6-17(14-19)15-24-20/h1-2,5-6,8-9,13-14,20,23-24H,3-4,7,10-12,15H2,(H2,22,25). The van der Waals surface area contributed by atoms with Gasteiger partial charge in [0.1, 0.15) is 0 Å². The van der Waals surface area contributed by atoms with E-state index >= 15 is 0 Å². The summed E-state index contributed by atoms with van der Waals surface area (Å²) in [5.41, 5.74) is 10.5. The molecule has 0 saturated heterocycles. The summed E-state index contributed by atoms with van der Waals surface area (Å²) in [5, 5.41) is 6.77. The Labute approximate surface area is 149 Å². The molecule has 1 unspecified atom stereocenters. The Morgan fingerprint density at radius 1 is 0.960 bits per heavy atom. The van der Waals surface area contributed by atoms with Gasteiger partial charge in [-0.05, 0) is 67.1 Å². The molecule has 0 radical (unpaired) electrons. The van der Waals surface area contributed by atoms with E-state index in [0.717, 1.165) is 38.8 Å². The van der Waals surface area contributed by atoms with E-state index in [1.807, 2.05) is 0 Å². The molecule has 132 valence electrons. The van der Waals surface area contributed by atoms with Crippen molar-refractivity contribution in [3.05, 3.63) is 59.7 Å². The van der Waals surface area contributed by atoms with Gasteiger partial charge in [-0.1, -0.05) is 42.5 Å². The predicted molar refractivity (Wildman–Crippen MR) is 102 cm³/mol. The second-order valence-corrected chi connectivity index (χ2v) is 6.73. The van der Waals surface area contributed by atoms with Crippen LogP contribution in [0.15, 0.2) is 48.5 Å². The van der Waals surface area contributed by atoms with Crippen LogP contribution in [0.25, 0.3) is 11.1 Å². The molecule has 4 heteroatoms. The molecule has 4 nitrogen and oxygen atoms in total. The van der Waals surface area contributed by atoms with Crippen LogP contribution in [-0.4, -0.2) is 25.0 Å². The first-order chi connectivity index (χ1) is 12.2. The fraction of sp³-hybridized carbons (Fsp3) is 0.381. The monoisotopic (exact) mass is 337 g/mol. The molecule has 4 N–H and O–H groups in total. The summed E-state index contributed by atoms with van der Waals surface area (Å²) in [6.07, 6.45) is 3.89. The SMILES string of the molecule is NC(=O)C1CCCNCCCc2cccc(c2)-c2cccc(c2)CN1. The summed E-state index contributed by atoms with van der Waals surface area (Å²) in [6, 6.07) is 17.0. The number of carbonyl (C=O) groups is 1. The van der Waals surface area contributed by atoms with Gasteiger partial charge in [0.05, 0.1) is 6.04 Å². The number of benzene rings is 2. The van der Waals surface area contributed by atoms with E-state index < -0.39 is 0 Å². The minimum absolute atomic E-state index is 0.273. The lowest BCUT2D eigenvalue weighted by Crippen LogP contribution is -2.41. The van der Waals surface area contributed by atoms with Crippen LogP contribution >= 0.6 is 0 Å². The topological polar surface area (TPSA) is 67.2 Å². The van der Waals surface area contributed by atoms with Crippen LogP contribution in [0.5, 0.6) is 0 Å². The van der Waals surface area contributed by atoms with Crippen molar-refractivity contribution in [2.75, 3.05) is 13.1 Å². The maximum atomic E-state index is 11.7. The Morgan fingerprint density at radius 2 is 1.64 bits per heavy atom. The Bertz CT molecular complexity index is 714. The van der Waals surface area contributed by atoms with E-state index in [4.69, 9.17) is 5.73 Å². The molecular formula is C21H27N3O. The number of hydrogen-bond acceptors (Lipinski definition) is 3. The molecule has 1 aliphatic rings. The molecule has 0 saturated carbocycles. The number of nitrogens with two attached hydrogens (primary N) is 1. The highest BCUT2D eigenvalue weighted by atomic mass is 16.1. The van der Waals surface area contributed by atoms with Crippen molar-refractivity contribution >= 4 is 5.91 Å². The third kappa shape index (κ3) is 5.15. The Kier molecular flexibility index (Phi) is 6.20. The number of aryl methyl sites for hydroxylation is 1. The summed E-state index contributed by atoms with van der Waals surface area (Å²) in [6.45, 7) is 2.56. The van der Waals surface area contributed by atoms with Crippen molar-refractivity contribution in [1.82, 2.24) is 10.6 Å². The lowest BCUT2D eigenvalue weighted by atomic mass is 9.99. The molecule has 1 aliphatic heterocycles. The average molecular weight is 337 g/mol. The zero-order valence-electron chi connectivity index (χ0n) is 14.6. The van der Waals surface area contributed by atoms with E-state index in [1.54, 1.807) is 0 Å². The lowest BCUT2D eigenvalue weighted by molar-refractivity contribution is -0.120. The Balaban J connectivity index is 1.83. The highest BCUT2D eigenvalue weighted by Crippen LogP contribution is 2.22. The maximum absolute atomic E-state index is 11.7. The van der Waals surface area contributed by atoms with Gasteiger partial charge in [-0.25, -0.2) is 0 Å². The van der Waals surface area contributed by atoms with E-state index in [2.05, 4.69) is 59.2 Å². The molecule has 25 heavy (non-hydrogen) atoms. The summed E-state index contributed by atoms with van der Waals surface area (Å²) < 4.78 is 0. The fourth-order valence-electron chi connectivity index (χ4n) is 3.33. The van der Waals surface area contributed by atoms with Gasteiger partial charge >= 0.3 is 0 Å². The molecule has 0 aromatic heterocycles. The van der Waals surface area contributed by atoms with Crippen LogP contribution in [0.4, 0.5) is 0 Å². The fourth-order valence-corrected chi connectivity index (χ4v) is 3.33. The highest BCUT2D eigenvalue weighted by Gasteiger charge is 2.14. The van der Waals surface area contributed by atoms with Crippen molar-refractivity contribution in [3.8, 4) is 11.1 Å². The molecule has 0 aliphatic carbocycles. The number of fused-ring (bicyclic) bond motifs is 5. The van der Waals surface area contributed by atoms with Crippen LogP contribution in [0, 0.1) is 0 Å². The van der Waals surface area contributed by atoms with Crippen molar-refractivity contribution in [3.63, 3.8) is 0 Å². The normalized spacial score (nSPS) is 19.3. The maximum Gasteiger partial charge on any atom is 0.234 e. The van der Waals surface area contributed by atoms with Crippen molar-refractivity contribution in [2.45, 2.75) is 38.3 Å². The molecule has 1 heterocycles. The van der Waals surface area contributed by atoms with E-state index in [0.29, 0.717) is 6.54 Å². The average Bonchev–Trinajstić information content (AvgIpc) is 2.63. The summed E-state index contributed by atoms with van der Waals surface area (Å²) >= 11 is 0. The first-order valence-corrected chi connectivity index (χ1v) is 9.14. The second-order valence-electron chi connectivity index (χ2n) is 6.73. The number of primary amides is 1. The Hall–Kier alpha value is -2.17. The van der Waals surface area contributed by atoms with Gasteiger partial charge in [-0.3, -0.25) is 4.79 Å². The van der Waals surface area contributed by atoms with Gasteiger partial charge < -0.3 is 16.4 Å². The first kappa shape index (κ1) is 17.6. The first-order valence-electron chi connectivity index (χ1n) is 9.14. The van der Waals surface area contributed by atoms with Gasteiger partial charge in [-0.2, -0.15) is 0 Å². The van der Waals surface area contributed by atoms with Gasteiger partial charge in [-0.15, -0.1) is 0 Å².